The largest absolute Gasteiger partial charge is 0.542 e. The number of nitrogens with two attached hydrogens (primary N) is 2. The van der Waals surface area contributed by atoms with E-state index in [2.05, 4.69) is 20.0 Å². The van der Waals surface area contributed by atoms with E-state index >= 15 is 0 Å². The number of hydrogen-bond donors (Lipinski definition) is 4. The number of aromatic nitrogens is 4. The summed E-state index contributed by atoms with van der Waals surface area (Å²) in [6, 6.07) is 5.58. The van der Waals surface area contributed by atoms with E-state index < -0.39 is 28.1 Å². The number of aryl methyl sites for hydroxylation is 1. The SMILES string of the molecule is CCn1c(CNC(=O)c2nc(Cl)c(N)nc2N)[n+](CCNS(C)(=O)=O)c2ccc(OC)cc21.O=C([O-])C(F)(F)F. The highest BCUT2D eigenvalue weighted by Crippen LogP contribution is 2.22. The van der Waals surface area contributed by atoms with Gasteiger partial charge in [-0.05, 0) is 19.1 Å². The average Bonchev–Trinajstić information content (AvgIpc) is 3.15. The molecule has 0 aliphatic rings. The second kappa shape index (κ2) is 13.0. The Bertz CT molecular complexity index is 1510. The number of alkyl halides is 3. The maximum absolute atomic E-state index is 12.8. The van der Waals surface area contributed by atoms with Crippen LogP contribution >= 0.6 is 11.6 Å². The Labute approximate surface area is 231 Å². The second-order valence-corrected chi connectivity index (χ2v) is 10.1. The van der Waals surface area contributed by atoms with E-state index in [4.69, 9.17) is 37.7 Å². The van der Waals surface area contributed by atoms with Gasteiger partial charge in [-0.1, -0.05) is 11.6 Å². The average molecular weight is 611 g/mol. The molecule has 0 radical (unpaired) electrons. The molecule has 14 nitrogen and oxygen atoms in total. The summed E-state index contributed by atoms with van der Waals surface area (Å²) >= 11 is 5.89. The number of carboxylic acids is 1. The number of imidazole rings is 1. The first-order valence-corrected chi connectivity index (χ1v) is 13.5. The van der Waals surface area contributed by atoms with Crippen LogP contribution in [0, 0.1) is 0 Å². The molecule has 3 aromatic rings. The van der Waals surface area contributed by atoms with Crippen molar-refractivity contribution in [3.63, 3.8) is 0 Å². The first-order valence-electron chi connectivity index (χ1n) is 11.2. The van der Waals surface area contributed by atoms with Crippen molar-refractivity contribution in [3.05, 3.63) is 34.9 Å². The molecule has 19 heteroatoms. The van der Waals surface area contributed by atoms with Crippen molar-refractivity contribution < 1.29 is 45.6 Å². The number of carbonyl (C=O) groups is 2. The number of amides is 1. The topological polar surface area (TPSA) is 211 Å². The Morgan fingerprint density at radius 3 is 2.38 bits per heavy atom. The zero-order valence-electron chi connectivity index (χ0n) is 21.4. The number of nitrogens with zero attached hydrogens (tertiary/aromatic N) is 4. The molecule has 6 N–H and O–H groups in total. The van der Waals surface area contributed by atoms with Crippen LogP contribution in [0.2, 0.25) is 5.15 Å². The van der Waals surface area contributed by atoms with Crippen LogP contribution in [-0.2, 0) is 34.5 Å². The highest BCUT2D eigenvalue weighted by atomic mass is 35.5. The Balaban J connectivity index is 0.000000708. The Hall–Kier alpha value is -3.90. The van der Waals surface area contributed by atoms with Crippen LogP contribution in [0.25, 0.3) is 11.0 Å². The molecule has 0 saturated heterocycles. The van der Waals surface area contributed by atoms with E-state index in [9.17, 15) is 26.4 Å². The van der Waals surface area contributed by atoms with Crippen molar-refractivity contribution in [2.75, 3.05) is 31.4 Å². The number of carbonyl (C=O) groups excluding carboxylic acids is 2. The molecule has 220 valence electrons. The Kier molecular flexibility index (Phi) is 10.5. The van der Waals surface area contributed by atoms with Crippen LogP contribution in [0.15, 0.2) is 18.2 Å². The smallest absolute Gasteiger partial charge is 0.430 e. The maximum atomic E-state index is 12.8. The molecule has 0 spiro atoms. The molecule has 0 saturated carbocycles. The number of anilines is 2. The zero-order chi connectivity index (χ0) is 30.4. The predicted octanol–water partition coefficient (Wildman–Crippen LogP) is -0.657. The molecule has 2 heterocycles. The van der Waals surface area contributed by atoms with Crippen molar-refractivity contribution >= 4 is 56.2 Å². The van der Waals surface area contributed by atoms with Gasteiger partial charge in [-0.2, -0.15) is 13.2 Å². The molecule has 3 rings (SSSR count). The van der Waals surface area contributed by atoms with Crippen molar-refractivity contribution in [3.8, 4) is 5.75 Å². The Morgan fingerprint density at radius 1 is 1.23 bits per heavy atom. The minimum atomic E-state index is -5.19. The summed E-state index contributed by atoms with van der Waals surface area (Å²) < 4.78 is 66.4. The maximum Gasteiger partial charge on any atom is 0.430 e. The number of carboxylic acid groups (broad SMARTS) is 1. The first-order chi connectivity index (χ1) is 18.5. The van der Waals surface area contributed by atoms with Gasteiger partial charge >= 0.3 is 6.18 Å². The molecule has 1 amide bonds. The molecular weight excluding hydrogens is 585 g/mol. The lowest BCUT2D eigenvalue weighted by Gasteiger charge is -2.08. The Morgan fingerprint density at radius 2 is 1.85 bits per heavy atom. The third-order valence-electron chi connectivity index (χ3n) is 5.16. The number of nitrogens with one attached hydrogen (secondary N) is 2. The van der Waals surface area contributed by atoms with Gasteiger partial charge in [0.05, 0.1) is 19.9 Å². The summed E-state index contributed by atoms with van der Waals surface area (Å²) in [7, 11) is -1.78. The van der Waals surface area contributed by atoms with Gasteiger partial charge < -0.3 is 31.4 Å². The summed E-state index contributed by atoms with van der Waals surface area (Å²) in [5.41, 5.74) is 12.9. The number of methoxy groups -OCH3 is 1. The number of halogens is 4. The number of ether oxygens (including phenoxy) is 1. The van der Waals surface area contributed by atoms with Gasteiger partial charge in [0, 0.05) is 12.6 Å². The van der Waals surface area contributed by atoms with Gasteiger partial charge in [-0.3, -0.25) is 4.79 Å². The molecule has 40 heavy (non-hydrogen) atoms. The number of hydrogen-bond acceptors (Lipinski definition) is 10. The van der Waals surface area contributed by atoms with Crippen molar-refractivity contribution in [1.29, 1.82) is 0 Å². The van der Waals surface area contributed by atoms with Crippen LogP contribution in [0.3, 0.4) is 0 Å². The normalized spacial score (nSPS) is 11.6. The van der Waals surface area contributed by atoms with Crippen molar-refractivity contribution in [2.45, 2.75) is 32.7 Å². The molecule has 0 unspecified atom stereocenters. The molecule has 0 aliphatic carbocycles. The van der Waals surface area contributed by atoms with Gasteiger partial charge in [0.25, 0.3) is 11.7 Å². The van der Waals surface area contributed by atoms with E-state index in [1.807, 2.05) is 34.3 Å². The van der Waals surface area contributed by atoms with Gasteiger partial charge in [0.2, 0.25) is 10.0 Å². The van der Waals surface area contributed by atoms with E-state index in [-0.39, 0.29) is 35.6 Å². The molecule has 0 atom stereocenters. The van der Waals surface area contributed by atoms with Gasteiger partial charge in [-0.15, -0.1) is 0 Å². The standard InChI is InChI=1S/C19H25ClN8O4S.C2HF3O2/c1-4-27-13-9-11(32-2)5-6-12(13)28(8-7-24-33(3,30)31)14(27)10-23-19(29)15-17(21)26-18(22)16(20)25-15;3-2(4,5)1(6)7/h5-6,9,24H,4,7-8,10H2,1-3H3,(H4-,21,22,23,26,29);(H,6,7). The fourth-order valence-corrected chi connectivity index (χ4v) is 4.08. The van der Waals surface area contributed by atoms with Crippen molar-refractivity contribution in [2.24, 2.45) is 0 Å². The number of sulfonamides is 1. The minimum absolute atomic E-state index is 0.0676. The summed E-state index contributed by atoms with van der Waals surface area (Å²) in [6.07, 6.45) is -4.10. The highest BCUT2D eigenvalue weighted by molar-refractivity contribution is 7.88. The fourth-order valence-electron chi connectivity index (χ4n) is 3.49. The van der Waals surface area contributed by atoms with Gasteiger partial charge in [-0.25, -0.2) is 32.2 Å². The lowest BCUT2D eigenvalue weighted by molar-refractivity contribution is -0.677. The zero-order valence-corrected chi connectivity index (χ0v) is 22.9. The van der Waals surface area contributed by atoms with E-state index in [0.717, 1.165) is 23.1 Å². The molecular formula is C21H26ClF3N8O6S. The van der Waals surface area contributed by atoms with Crippen LogP contribution in [0.4, 0.5) is 24.8 Å². The molecule has 0 fully saturated rings. The van der Waals surface area contributed by atoms with Crippen LogP contribution in [0.5, 0.6) is 5.75 Å². The first kappa shape index (κ1) is 32.3. The number of aliphatic carboxylic acids is 1. The number of rotatable bonds is 9. The number of fused-ring (bicyclic) bond motifs is 1. The monoisotopic (exact) mass is 610 g/mol. The van der Waals surface area contributed by atoms with Crippen LogP contribution in [-0.4, -0.2) is 60.9 Å². The van der Waals surface area contributed by atoms with Crippen LogP contribution < -0.4 is 35.9 Å². The summed E-state index contributed by atoms with van der Waals surface area (Å²) in [6.45, 7) is 3.17. The van der Waals surface area contributed by atoms with E-state index in [0.29, 0.717) is 18.8 Å². The summed E-state index contributed by atoms with van der Waals surface area (Å²) in [4.78, 5) is 29.3. The molecule has 0 bridgehead atoms. The van der Waals surface area contributed by atoms with Gasteiger partial charge in [0.1, 0.15) is 24.8 Å². The summed E-state index contributed by atoms with van der Waals surface area (Å²) in [5, 5.41) is 11.4. The number of nitrogen functional groups attached to an aromatic ring is 2. The van der Waals surface area contributed by atoms with E-state index in [1.165, 1.54) is 0 Å². The highest BCUT2D eigenvalue weighted by Gasteiger charge is 2.29. The lowest BCUT2D eigenvalue weighted by atomic mass is 10.3. The van der Waals surface area contributed by atoms with Crippen molar-refractivity contribution in [1.82, 2.24) is 24.6 Å². The fraction of sp³-hybridized carbons (Fsp3) is 0.381. The quantitative estimate of drug-likeness (QED) is 0.225. The van der Waals surface area contributed by atoms with E-state index in [1.54, 1.807) is 7.11 Å². The molecule has 2 aromatic heterocycles. The third-order valence-corrected chi connectivity index (χ3v) is 6.17. The molecule has 0 aliphatic heterocycles. The molecule has 1 aromatic carbocycles. The summed E-state index contributed by atoms with van der Waals surface area (Å²) in [5.74, 6) is -2.38. The van der Waals surface area contributed by atoms with Crippen LogP contribution in [0.1, 0.15) is 23.2 Å². The lowest BCUT2D eigenvalue weighted by Crippen LogP contribution is -2.45. The second-order valence-electron chi connectivity index (χ2n) is 7.93. The predicted molar refractivity (Wildman–Crippen MR) is 135 cm³/mol. The van der Waals surface area contributed by atoms with Gasteiger partial charge in [0.15, 0.2) is 33.5 Å². The minimum Gasteiger partial charge on any atom is -0.542 e. The number of benzene rings is 1. The third kappa shape index (κ3) is 8.30.